The first-order chi connectivity index (χ1) is 9.24. The number of rotatable bonds is 2. The molecule has 0 aliphatic rings. The van der Waals surface area contributed by atoms with E-state index < -0.39 is 6.03 Å². The third-order valence-corrected chi connectivity index (χ3v) is 2.77. The van der Waals surface area contributed by atoms with E-state index in [1.54, 1.807) is 0 Å². The smallest absolute Gasteiger partial charge is 0.319 e. The van der Waals surface area contributed by atoms with Crippen molar-refractivity contribution in [1.82, 2.24) is 15.2 Å². The molecule has 0 atom stereocenters. The largest absolute Gasteiger partial charge is 0.351 e. The number of aromatic nitrogens is 3. The third kappa shape index (κ3) is 2.11. The fraction of sp³-hybridized carbons (Fsp3) is 0. The van der Waals surface area contributed by atoms with Crippen LogP contribution in [0.4, 0.5) is 10.7 Å². The molecule has 2 aromatic carbocycles. The number of nitrogens with two attached hydrogens (primary N) is 1. The van der Waals surface area contributed by atoms with Gasteiger partial charge in [-0.15, -0.1) is 5.10 Å². The Kier molecular flexibility index (Phi) is 2.60. The van der Waals surface area contributed by atoms with Gasteiger partial charge in [0.15, 0.2) is 5.82 Å². The van der Waals surface area contributed by atoms with Gasteiger partial charge in [0.1, 0.15) is 0 Å². The minimum Gasteiger partial charge on any atom is -0.351 e. The Bertz CT molecular complexity index is 744. The average molecular weight is 253 g/mol. The third-order valence-electron chi connectivity index (χ3n) is 2.77. The van der Waals surface area contributed by atoms with Crippen LogP contribution in [0.2, 0.25) is 0 Å². The Balaban J connectivity index is 2.09. The second-order valence-electron chi connectivity index (χ2n) is 4.02. The number of nitrogens with one attached hydrogen (secondary N) is 2. The summed E-state index contributed by atoms with van der Waals surface area (Å²) in [4.78, 5) is 14.9. The van der Waals surface area contributed by atoms with Gasteiger partial charge >= 0.3 is 6.03 Å². The quantitative estimate of drug-likeness (QED) is 0.652. The molecule has 6 nitrogen and oxygen atoms in total. The number of aromatic amines is 1. The maximum atomic E-state index is 10.7. The number of primary amides is 1. The zero-order valence-electron chi connectivity index (χ0n) is 9.92. The molecule has 0 saturated carbocycles. The Labute approximate surface area is 108 Å². The van der Waals surface area contributed by atoms with Gasteiger partial charge in [-0.05, 0) is 10.8 Å². The molecule has 1 aromatic heterocycles. The second kappa shape index (κ2) is 4.41. The number of benzene rings is 2. The number of hydrogen-bond donors (Lipinski definition) is 3. The number of carbonyl (C=O) groups excluding carboxylic acids is 1. The van der Waals surface area contributed by atoms with Crippen molar-refractivity contribution in [3.05, 3.63) is 42.5 Å². The lowest BCUT2D eigenvalue weighted by atomic mass is 10.0. The molecular weight excluding hydrogens is 242 g/mol. The SMILES string of the molecule is NC(=O)Nc1n[nH]c(-c2cccc3ccccc23)n1. The molecule has 0 aliphatic heterocycles. The Morgan fingerprint density at radius 1 is 1.16 bits per heavy atom. The summed E-state index contributed by atoms with van der Waals surface area (Å²) in [5, 5.41) is 11.2. The van der Waals surface area contributed by atoms with E-state index in [2.05, 4.69) is 20.5 Å². The van der Waals surface area contributed by atoms with Gasteiger partial charge in [-0.1, -0.05) is 42.5 Å². The maximum absolute atomic E-state index is 10.7. The highest BCUT2D eigenvalue weighted by molar-refractivity contribution is 5.95. The summed E-state index contributed by atoms with van der Waals surface area (Å²) in [6.07, 6.45) is 0. The van der Waals surface area contributed by atoms with Crippen molar-refractivity contribution >= 4 is 22.8 Å². The fourth-order valence-corrected chi connectivity index (χ4v) is 1.98. The molecule has 3 rings (SSSR count). The van der Waals surface area contributed by atoms with Gasteiger partial charge in [-0.25, -0.2) is 4.79 Å². The summed E-state index contributed by atoms with van der Waals surface area (Å²) in [6.45, 7) is 0. The predicted molar refractivity (Wildman–Crippen MR) is 72.5 cm³/mol. The van der Waals surface area contributed by atoms with Crippen LogP contribution in [0.15, 0.2) is 42.5 Å². The minimum absolute atomic E-state index is 0.162. The van der Waals surface area contributed by atoms with E-state index in [9.17, 15) is 4.79 Å². The molecule has 3 aromatic rings. The molecule has 0 spiro atoms. The van der Waals surface area contributed by atoms with E-state index >= 15 is 0 Å². The number of fused-ring (bicyclic) bond motifs is 1. The minimum atomic E-state index is -0.691. The van der Waals surface area contributed by atoms with Crippen molar-refractivity contribution in [2.75, 3.05) is 5.32 Å². The highest BCUT2D eigenvalue weighted by atomic mass is 16.2. The number of nitrogens with zero attached hydrogens (tertiary/aromatic N) is 2. The Morgan fingerprint density at radius 2 is 1.95 bits per heavy atom. The summed E-state index contributed by atoms with van der Waals surface area (Å²) in [5.41, 5.74) is 5.94. The van der Waals surface area contributed by atoms with Crippen LogP contribution in [0.3, 0.4) is 0 Å². The normalized spacial score (nSPS) is 10.5. The summed E-state index contributed by atoms with van der Waals surface area (Å²) in [6, 6.07) is 13.2. The van der Waals surface area contributed by atoms with Crippen LogP contribution < -0.4 is 11.1 Å². The number of H-pyrrole nitrogens is 1. The van der Waals surface area contributed by atoms with Gasteiger partial charge in [-0.2, -0.15) is 4.98 Å². The van der Waals surface area contributed by atoms with E-state index in [-0.39, 0.29) is 5.95 Å². The van der Waals surface area contributed by atoms with E-state index in [1.807, 2.05) is 42.5 Å². The molecule has 6 heteroatoms. The van der Waals surface area contributed by atoms with Crippen LogP contribution in [0.1, 0.15) is 0 Å². The van der Waals surface area contributed by atoms with Crippen LogP contribution >= 0.6 is 0 Å². The molecule has 1 heterocycles. The van der Waals surface area contributed by atoms with Crippen molar-refractivity contribution < 1.29 is 4.79 Å². The predicted octanol–water partition coefficient (Wildman–Crippen LogP) is 2.12. The van der Waals surface area contributed by atoms with Crippen molar-refractivity contribution in [2.45, 2.75) is 0 Å². The zero-order valence-corrected chi connectivity index (χ0v) is 9.92. The lowest BCUT2D eigenvalue weighted by Gasteiger charge is -2.02. The maximum Gasteiger partial charge on any atom is 0.319 e. The van der Waals surface area contributed by atoms with Crippen LogP contribution in [0.5, 0.6) is 0 Å². The van der Waals surface area contributed by atoms with Crippen molar-refractivity contribution in [3.63, 3.8) is 0 Å². The van der Waals surface area contributed by atoms with E-state index in [0.29, 0.717) is 5.82 Å². The number of carbonyl (C=O) groups is 1. The first-order valence-electron chi connectivity index (χ1n) is 5.71. The summed E-state index contributed by atoms with van der Waals surface area (Å²) >= 11 is 0. The highest BCUT2D eigenvalue weighted by Crippen LogP contribution is 2.26. The van der Waals surface area contributed by atoms with Crippen LogP contribution in [-0.2, 0) is 0 Å². The highest BCUT2D eigenvalue weighted by Gasteiger charge is 2.09. The molecular formula is C13H11N5O. The molecule has 0 unspecified atom stereocenters. The Hall–Kier alpha value is -2.89. The fourth-order valence-electron chi connectivity index (χ4n) is 1.98. The molecule has 0 bridgehead atoms. The first-order valence-corrected chi connectivity index (χ1v) is 5.71. The van der Waals surface area contributed by atoms with Crippen LogP contribution in [0, 0.1) is 0 Å². The van der Waals surface area contributed by atoms with Gasteiger partial charge in [0, 0.05) is 5.56 Å². The molecule has 94 valence electrons. The molecule has 0 aliphatic carbocycles. The molecule has 0 radical (unpaired) electrons. The molecule has 2 amide bonds. The van der Waals surface area contributed by atoms with Gasteiger partial charge in [0.25, 0.3) is 0 Å². The number of hydrogen-bond acceptors (Lipinski definition) is 3. The number of anilines is 1. The Morgan fingerprint density at radius 3 is 2.79 bits per heavy atom. The van der Waals surface area contributed by atoms with E-state index in [4.69, 9.17) is 5.73 Å². The van der Waals surface area contributed by atoms with Crippen LogP contribution in [-0.4, -0.2) is 21.2 Å². The molecule has 0 saturated heterocycles. The topological polar surface area (TPSA) is 96.7 Å². The van der Waals surface area contributed by atoms with Crippen molar-refractivity contribution in [1.29, 1.82) is 0 Å². The summed E-state index contributed by atoms with van der Waals surface area (Å²) in [5.74, 6) is 0.746. The molecule has 4 N–H and O–H groups in total. The van der Waals surface area contributed by atoms with Gasteiger partial charge in [0.2, 0.25) is 5.95 Å². The van der Waals surface area contributed by atoms with E-state index in [1.165, 1.54) is 0 Å². The lowest BCUT2D eigenvalue weighted by Crippen LogP contribution is -2.20. The van der Waals surface area contributed by atoms with Gasteiger partial charge < -0.3 is 5.73 Å². The van der Waals surface area contributed by atoms with E-state index in [0.717, 1.165) is 16.3 Å². The second-order valence-corrected chi connectivity index (χ2v) is 4.02. The molecule has 0 fully saturated rings. The molecule has 19 heavy (non-hydrogen) atoms. The van der Waals surface area contributed by atoms with Crippen molar-refractivity contribution in [2.24, 2.45) is 5.73 Å². The average Bonchev–Trinajstić information content (AvgIpc) is 2.85. The number of amides is 2. The van der Waals surface area contributed by atoms with Gasteiger partial charge in [0.05, 0.1) is 0 Å². The summed E-state index contributed by atoms with van der Waals surface area (Å²) in [7, 11) is 0. The standard InChI is InChI=1S/C13H11N5O/c14-12(19)16-13-15-11(17-18-13)10-7-3-5-8-4-1-2-6-9(8)10/h1-7H,(H4,14,15,16,17,18,19). The zero-order chi connectivity index (χ0) is 13.2. The van der Waals surface area contributed by atoms with Crippen LogP contribution in [0.25, 0.3) is 22.2 Å². The summed E-state index contributed by atoms with van der Waals surface area (Å²) < 4.78 is 0. The van der Waals surface area contributed by atoms with Crippen molar-refractivity contribution in [3.8, 4) is 11.4 Å². The number of urea groups is 1. The monoisotopic (exact) mass is 253 g/mol. The first kappa shape index (κ1) is 11.2. The van der Waals surface area contributed by atoms with Gasteiger partial charge in [-0.3, -0.25) is 10.4 Å². The lowest BCUT2D eigenvalue weighted by molar-refractivity contribution is 0.259.